The molecule has 0 nitrogen and oxygen atoms in total. The number of hydrogen-bond acceptors (Lipinski definition) is 0. The van der Waals surface area contributed by atoms with Crippen molar-refractivity contribution in [2.45, 2.75) is 40.0 Å². The lowest BCUT2D eigenvalue weighted by Crippen LogP contribution is -2.20. The van der Waals surface area contributed by atoms with Gasteiger partial charge in [0.15, 0.2) is 0 Å². The molecule has 2 rings (SSSR count). The van der Waals surface area contributed by atoms with Gasteiger partial charge in [-0.3, -0.25) is 0 Å². The molecule has 2 fully saturated rings. The summed E-state index contributed by atoms with van der Waals surface area (Å²) < 4.78 is 0. The highest BCUT2D eigenvalue weighted by Gasteiger charge is 2.49. The Morgan fingerprint density at radius 1 is 1.09 bits per heavy atom. The molecule has 0 saturated heterocycles. The summed E-state index contributed by atoms with van der Waals surface area (Å²) in [5.74, 6) is 5.35. The van der Waals surface area contributed by atoms with E-state index in [2.05, 4.69) is 20.8 Å². The Morgan fingerprint density at radius 3 is 2.45 bits per heavy atom. The van der Waals surface area contributed by atoms with E-state index in [1.807, 2.05) is 0 Å². The van der Waals surface area contributed by atoms with Crippen molar-refractivity contribution in [2.24, 2.45) is 29.6 Å². The van der Waals surface area contributed by atoms with Crippen LogP contribution in [0.3, 0.4) is 0 Å². The molecule has 1 unspecified atom stereocenters. The molecule has 0 heterocycles. The van der Waals surface area contributed by atoms with Gasteiger partial charge in [-0.15, -0.1) is 0 Å². The van der Waals surface area contributed by atoms with Crippen molar-refractivity contribution in [2.75, 3.05) is 0 Å². The topological polar surface area (TPSA) is 0 Å². The molecule has 0 amide bonds. The molecule has 0 bridgehead atoms. The largest absolute Gasteiger partial charge is 0.0625 e. The van der Waals surface area contributed by atoms with E-state index in [4.69, 9.17) is 0 Å². The molecule has 2 aliphatic carbocycles. The third-order valence-electron chi connectivity index (χ3n) is 3.98. The van der Waals surface area contributed by atoms with E-state index in [0.29, 0.717) is 0 Å². The predicted molar refractivity (Wildman–Crippen MR) is 48.3 cm³/mol. The number of hydrogen-bond donors (Lipinski definition) is 0. The molecule has 0 aromatic heterocycles. The summed E-state index contributed by atoms with van der Waals surface area (Å²) >= 11 is 0. The van der Waals surface area contributed by atoms with Crippen LogP contribution in [-0.4, -0.2) is 0 Å². The van der Waals surface area contributed by atoms with E-state index >= 15 is 0 Å². The van der Waals surface area contributed by atoms with Gasteiger partial charge in [0.1, 0.15) is 0 Å². The third-order valence-corrected chi connectivity index (χ3v) is 3.98. The van der Waals surface area contributed by atoms with Gasteiger partial charge in [-0.05, 0) is 42.4 Å². The molecular weight excluding hydrogens is 132 g/mol. The van der Waals surface area contributed by atoms with Gasteiger partial charge < -0.3 is 0 Å². The lowest BCUT2D eigenvalue weighted by Gasteiger charge is -2.28. The Hall–Kier alpha value is 0. The zero-order chi connectivity index (χ0) is 8.01. The van der Waals surface area contributed by atoms with Crippen LogP contribution in [0.5, 0.6) is 0 Å². The Kier molecular flexibility index (Phi) is 1.74. The minimum atomic E-state index is 0.942. The second kappa shape index (κ2) is 2.50. The van der Waals surface area contributed by atoms with E-state index in [1.54, 1.807) is 6.42 Å². The van der Waals surface area contributed by atoms with Crippen molar-refractivity contribution in [3.8, 4) is 0 Å². The van der Waals surface area contributed by atoms with E-state index in [-0.39, 0.29) is 0 Å². The quantitative estimate of drug-likeness (QED) is 0.540. The molecule has 64 valence electrons. The summed E-state index contributed by atoms with van der Waals surface area (Å²) in [5.41, 5.74) is 0. The van der Waals surface area contributed by atoms with Gasteiger partial charge in [0.2, 0.25) is 0 Å². The molecule has 0 aliphatic heterocycles. The van der Waals surface area contributed by atoms with E-state index in [0.717, 1.165) is 29.6 Å². The highest BCUT2D eigenvalue weighted by atomic mass is 14.5. The van der Waals surface area contributed by atoms with E-state index in [1.165, 1.54) is 12.8 Å². The first-order chi connectivity index (χ1) is 5.20. The van der Waals surface area contributed by atoms with Crippen LogP contribution in [0.25, 0.3) is 0 Å². The van der Waals surface area contributed by atoms with Crippen molar-refractivity contribution in [3.05, 3.63) is 0 Å². The molecule has 0 aromatic carbocycles. The van der Waals surface area contributed by atoms with Gasteiger partial charge in [0.05, 0.1) is 0 Å². The Morgan fingerprint density at radius 2 is 1.82 bits per heavy atom. The maximum atomic E-state index is 2.45. The highest BCUT2D eigenvalue weighted by Crippen LogP contribution is 2.57. The number of fused-ring (bicyclic) bond motifs is 1. The van der Waals surface area contributed by atoms with Gasteiger partial charge >= 0.3 is 0 Å². The van der Waals surface area contributed by atoms with Crippen molar-refractivity contribution in [3.63, 3.8) is 0 Å². The summed E-state index contributed by atoms with van der Waals surface area (Å²) in [7, 11) is 0. The van der Waals surface area contributed by atoms with Gasteiger partial charge in [0, 0.05) is 0 Å². The Balaban J connectivity index is 1.97. The minimum absolute atomic E-state index is 0.942. The molecule has 11 heavy (non-hydrogen) atoms. The molecule has 2 aliphatic rings. The van der Waals surface area contributed by atoms with Crippen LogP contribution in [0.2, 0.25) is 0 Å². The second-order valence-electron chi connectivity index (χ2n) is 5.03. The monoisotopic (exact) mass is 152 g/mol. The fraction of sp³-hybridized carbons (Fsp3) is 1.00. The predicted octanol–water partition coefficient (Wildman–Crippen LogP) is 3.32. The van der Waals surface area contributed by atoms with E-state index in [9.17, 15) is 0 Å². The van der Waals surface area contributed by atoms with Crippen LogP contribution in [-0.2, 0) is 0 Å². The fourth-order valence-corrected chi connectivity index (χ4v) is 3.09. The lowest BCUT2D eigenvalue weighted by atomic mass is 9.78. The fourth-order valence-electron chi connectivity index (χ4n) is 3.09. The first kappa shape index (κ1) is 7.64. The summed E-state index contributed by atoms with van der Waals surface area (Å²) in [6.07, 6.45) is 4.58. The molecular formula is C11H20. The van der Waals surface area contributed by atoms with Crippen LogP contribution in [0.15, 0.2) is 0 Å². The average molecular weight is 152 g/mol. The van der Waals surface area contributed by atoms with Crippen LogP contribution in [0.4, 0.5) is 0 Å². The van der Waals surface area contributed by atoms with E-state index < -0.39 is 0 Å². The summed E-state index contributed by atoms with van der Waals surface area (Å²) in [5, 5.41) is 0. The molecule has 0 heteroatoms. The number of rotatable bonds is 1. The van der Waals surface area contributed by atoms with Gasteiger partial charge in [-0.2, -0.15) is 0 Å². The maximum absolute atomic E-state index is 2.45. The first-order valence-electron chi connectivity index (χ1n) is 5.20. The van der Waals surface area contributed by atoms with Gasteiger partial charge in [0.25, 0.3) is 0 Å². The molecule has 4 atom stereocenters. The average Bonchev–Trinajstić information content (AvgIpc) is 2.66. The Bertz CT molecular complexity index is 148. The molecule has 2 saturated carbocycles. The highest BCUT2D eigenvalue weighted by molar-refractivity contribution is 4.98. The maximum Gasteiger partial charge on any atom is -0.0349 e. The van der Waals surface area contributed by atoms with Crippen molar-refractivity contribution < 1.29 is 0 Å². The zero-order valence-corrected chi connectivity index (χ0v) is 8.01. The van der Waals surface area contributed by atoms with Crippen LogP contribution in [0, 0.1) is 29.6 Å². The lowest BCUT2D eigenvalue weighted by molar-refractivity contribution is 0.218. The van der Waals surface area contributed by atoms with Crippen LogP contribution < -0.4 is 0 Å². The normalized spacial score (nSPS) is 49.1. The minimum Gasteiger partial charge on any atom is -0.0625 e. The molecule has 0 radical (unpaired) electrons. The van der Waals surface area contributed by atoms with Crippen LogP contribution >= 0.6 is 0 Å². The first-order valence-corrected chi connectivity index (χ1v) is 5.20. The zero-order valence-electron chi connectivity index (χ0n) is 8.01. The van der Waals surface area contributed by atoms with Crippen molar-refractivity contribution in [1.29, 1.82) is 0 Å². The third kappa shape index (κ3) is 1.21. The molecule has 0 aromatic rings. The summed E-state index contributed by atoms with van der Waals surface area (Å²) in [4.78, 5) is 0. The molecule has 0 N–H and O–H groups in total. The SMILES string of the molecule is CC1CC[C@@H](C(C)C)[C@@H]2C[C@H]12. The van der Waals surface area contributed by atoms with Crippen molar-refractivity contribution >= 4 is 0 Å². The summed E-state index contributed by atoms with van der Waals surface area (Å²) in [6, 6.07) is 0. The molecule has 0 spiro atoms. The summed E-state index contributed by atoms with van der Waals surface area (Å²) in [6.45, 7) is 7.24. The van der Waals surface area contributed by atoms with Gasteiger partial charge in [-0.25, -0.2) is 0 Å². The van der Waals surface area contributed by atoms with Crippen LogP contribution in [0.1, 0.15) is 40.0 Å². The second-order valence-corrected chi connectivity index (χ2v) is 5.03. The standard InChI is InChI=1S/C11H20/c1-7(2)9-5-4-8(3)10-6-11(9)10/h7-11H,4-6H2,1-3H3/t8?,9-,10+,11-/m0/s1. The van der Waals surface area contributed by atoms with Gasteiger partial charge in [-0.1, -0.05) is 27.2 Å². The Labute approximate surface area is 70.4 Å². The smallest absolute Gasteiger partial charge is 0.0349 e. The van der Waals surface area contributed by atoms with Crippen molar-refractivity contribution in [1.82, 2.24) is 0 Å².